The van der Waals surface area contributed by atoms with Crippen molar-refractivity contribution < 1.29 is 14.4 Å². The molecule has 154 valence electrons. The molecule has 0 saturated carbocycles. The fourth-order valence-electron chi connectivity index (χ4n) is 3.89. The molecule has 1 aromatic carbocycles. The monoisotopic (exact) mass is 424 g/mol. The number of para-hydroxylation sites is 2. The summed E-state index contributed by atoms with van der Waals surface area (Å²) in [5.74, 6) is 0.167. The van der Waals surface area contributed by atoms with Gasteiger partial charge in [0.15, 0.2) is 5.13 Å². The largest absolute Gasteiger partial charge is 0.355 e. The SMILES string of the molecule is O=C1CCC(C(=O)Nc2nc(CC(=O)N3CCn4c3nc3ccccc34)cs2)CN1. The third-order valence-corrected chi connectivity index (χ3v) is 6.28. The molecule has 0 spiro atoms. The van der Waals surface area contributed by atoms with Gasteiger partial charge in [-0.05, 0) is 18.6 Å². The van der Waals surface area contributed by atoms with Gasteiger partial charge in [0, 0.05) is 31.4 Å². The molecule has 9 nitrogen and oxygen atoms in total. The summed E-state index contributed by atoms with van der Waals surface area (Å²) in [6, 6.07) is 7.85. The predicted octanol–water partition coefficient (Wildman–Crippen LogP) is 1.55. The molecule has 10 heteroatoms. The van der Waals surface area contributed by atoms with E-state index < -0.39 is 0 Å². The molecule has 1 atom stereocenters. The normalized spacial score (nSPS) is 18.3. The number of imidazole rings is 1. The molecule has 0 radical (unpaired) electrons. The number of thiazole rings is 1. The molecule has 3 amide bonds. The lowest BCUT2D eigenvalue weighted by Crippen LogP contribution is -2.40. The summed E-state index contributed by atoms with van der Waals surface area (Å²) in [6.07, 6.45) is 1.04. The summed E-state index contributed by atoms with van der Waals surface area (Å²) in [5.41, 5.74) is 2.52. The van der Waals surface area contributed by atoms with Crippen LogP contribution in [0.1, 0.15) is 18.5 Å². The highest BCUT2D eigenvalue weighted by Gasteiger charge is 2.29. The third-order valence-electron chi connectivity index (χ3n) is 5.47. The zero-order valence-corrected chi connectivity index (χ0v) is 16.9. The topological polar surface area (TPSA) is 109 Å². The first-order chi connectivity index (χ1) is 14.6. The van der Waals surface area contributed by atoms with Gasteiger partial charge < -0.3 is 15.2 Å². The van der Waals surface area contributed by atoms with Crippen molar-refractivity contribution in [1.29, 1.82) is 0 Å². The fraction of sp³-hybridized carbons (Fsp3) is 0.350. The van der Waals surface area contributed by atoms with Crippen molar-refractivity contribution in [3.63, 3.8) is 0 Å². The summed E-state index contributed by atoms with van der Waals surface area (Å²) in [5, 5.41) is 7.76. The average molecular weight is 424 g/mol. The number of hydrogen-bond donors (Lipinski definition) is 2. The number of hydrogen-bond acceptors (Lipinski definition) is 6. The molecule has 2 N–H and O–H groups in total. The van der Waals surface area contributed by atoms with Crippen LogP contribution in [-0.2, 0) is 27.3 Å². The number of rotatable bonds is 4. The van der Waals surface area contributed by atoms with Crippen LogP contribution in [0.4, 0.5) is 11.1 Å². The number of benzene rings is 1. The van der Waals surface area contributed by atoms with Crippen LogP contribution in [0.15, 0.2) is 29.6 Å². The minimum Gasteiger partial charge on any atom is -0.355 e. The maximum Gasteiger partial charge on any atom is 0.235 e. The molecular weight excluding hydrogens is 404 g/mol. The zero-order valence-electron chi connectivity index (χ0n) is 16.1. The third kappa shape index (κ3) is 3.43. The highest BCUT2D eigenvalue weighted by atomic mass is 32.1. The zero-order chi connectivity index (χ0) is 20.7. The maximum absolute atomic E-state index is 12.9. The molecule has 0 bridgehead atoms. The lowest BCUT2D eigenvalue weighted by Gasteiger charge is -2.20. The Bertz CT molecular complexity index is 1140. The Hall–Kier alpha value is -3.27. The first kappa shape index (κ1) is 18.7. The van der Waals surface area contributed by atoms with Gasteiger partial charge in [-0.2, -0.15) is 0 Å². The summed E-state index contributed by atoms with van der Waals surface area (Å²) < 4.78 is 2.06. The quantitative estimate of drug-likeness (QED) is 0.660. The van der Waals surface area contributed by atoms with Crippen molar-refractivity contribution in [2.24, 2.45) is 5.92 Å². The average Bonchev–Trinajstić information content (AvgIpc) is 3.43. The number of fused-ring (bicyclic) bond motifs is 3. The van der Waals surface area contributed by atoms with Crippen LogP contribution in [0, 0.1) is 5.92 Å². The molecule has 4 heterocycles. The van der Waals surface area contributed by atoms with Crippen molar-refractivity contribution in [3.8, 4) is 0 Å². The van der Waals surface area contributed by atoms with E-state index in [-0.39, 0.29) is 30.1 Å². The minimum atomic E-state index is -0.255. The van der Waals surface area contributed by atoms with E-state index in [4.69, 9.17) is 0 Å². The van der Waals surface area contributed by atoms with Crippen LogP contribution >= 0.6 is 11.3 Å². The van der Waals surface area contributed by atoms with Gasteiger partial charge >= 0.3 is 0 Å². The van der Waals surface area contributed by atoms with Crippen molar-refractivity contribution in [3.05, 3.63) is 35.3 Å². The van der Waals surface area contributed by atoms with Gasteiger partial charge in [-0.3, -0.25) is 19.3 Å². The van der Waals surface area contributed by atoms with Crippen LogP contribution in [0.2, 0.25) is 0 Å². The summed E-state index contributed by atoms with van der Waals surface area (Å²) >= 11 is 1.29. The molecule has 0 aliphatic carbocycles. The van der Waals surface area contributed by atoms with Crippen molar-refractivity contribution >= 4 is 51.2 Å². The Labute approximate surface area is 176 Å². The Kier molecular flexibility index (Phi) is 4.70. The number of anilines is 2. The number of amides is 3. The van der Waals surface area contributed by atoms with E-state index in [0.717, 1.165) is 17.6 Å². The first-order valence-electron chi connectivity index (χ1n) is 9.86. The Morgan fingerprint density at radius 3 is 2.93 bits per heavy atom. The number of carbonyl (C=O) groups is 3. The van der Waals surface area contributed by atoms with Gasteiger partial charge in [0.1, 0.15) is 0 Å². The van der Waals surface area contributed by atoms with Gasteiger partial charge in [0.2, 0.25) is 23.7 Å². The summed E-state index contributed by atoms with van der Waals surface area (Å²) in [4.78, 5) is 47.2. The van der Waals surface area contributed by atoms with Gasteiger partial charge in [-0.25, -0.2) is 9.97 Å². The van der Waals surface area contributed by atoms with Crippen LogP contribution < -0.4 is 15.5 Å². The van der Waals surface area contributed by atoms with Gasteiger partial charge in [-0.1, -0.05) is 12.1 Å². The molecule has 5 rings (SSSR count). The van der Waals surface area contributed by atoms with E-state index >= 15 is 0 Å². The van der Waals surface area contributed by atoms with E-state index in [1.54, 1.807) is 10.3 Å². The number of aromatic nitrogens is 3. The Morgan fingerprint density at radius 2 is 2.10 bits per heavy atom. The molecule has 1 saturated heterocycles. The second-order valence-corrected chi connectivity index (χ2v) is 8.31. The lowest BCUT2D eigenvalue weighted by atomic mass is 9.98. The van der Waals surface area contributed by atoms with E-state index in [9.17, 15) is 14.4 Å². The number of piperidine rings is 1. The van der Waals surface area contributed by atoms with Crippen LogP contribution in [0.3, 0.4) is 0 Å². The minimum absolute atomic E-state index is 0.0236. The highest BCUT2D eigenvalue weighted by Crippen LogP contribution is 2.28. The molecule has 1 fully saturated rings. The molecule has 3 aromatic rings. The van der Waals surface area contributed by atoms with Gasteiger partial charge in [-0.15, -0.1) is 11.3 Å². The molecule has 1 unspecified atom stereocenters. The molecule has 2 aliphatic heterocycles. The highest BCUT2D eigenvalue weighted by molar-refractivity contribution is 7.13. The van der Waals surface area contributed by atoms with Crippen molar-refractivity contribution in [2.75, 3.05) is 23.3 Å². The Balaban J connectivity index is 1.23. The van der Waals surface area contributed by atoms with E-state index in [2.05, 4.69) is 25.2 Å². The van der Waals surface area contributed by atoms with Crippen molar-refractivity contribution in [1.82, 2.24) is 19.9 Å². The smallest absolute Gasteiger partial charge is 0.235 e. The fourth-order valence-corrected chi connectivity index (χ4v) is 4.60. The van der Waals surface area contributed by atoms with Crippen LogP contribution in [0.25, 0.3) is 11.0 Å². The van der Waals surface area contributed by atoms with Crippen LogP contribution in [-0.4, -0.2) is 45.3 Å². The Morgan fingerprint density at radius 1 is 1.23 bits per heavy atom. The van der Waals surface area contributed by atoms with E-state index in [1.807, 2.05) is 24.3 Å². The molecule has 2 aliphatic rings. The van der Waals surface area contributed by atoms with Crippen molar-refractivity contribution in [2.45, 2.75) is 25.8 Å². The lowest BCUT2D eigenvalue weighted by molar-refractivity contribution is -0.126. The van der Waals surface area contributed by atoms with E-state index in [0.29, 0.717) is 42.7 Å². The molecule has 2 aromatic heterocycles. The maximum atomic E-state index is 12.9. The van der Waals surface area contributed by atoms with E-state index in [1.165, 1.54) is 11.3 Å². The van der Waals surface area contributed by atoms with Gasteiger partial charge in [0.05, 0.1) is 29.1 Å². The molecule has 30 heavy (non-hydrogen) atoms. The number of nitrogens with zero attached hydrogens (tertiary/aromatic N) is 4. The summed E-state index contributed by atoms with van der Waals surface area (Å²) in [6.45, 7) is 1.66. The molecular formula is C20H20N6O3S. The number of nitrogens with one attached hydrogen (secondary N) is 2. The predicted molar refractivity (Wildman–Crippen MR) is 112 cm³/mol. The number of carbonyl (C=O) groups excluding carboxylic acids is 3. The standard InChI is InChI=1S/C20H20N6O3S/c27-16-6-5-12(10-21-16)18(29)24-19-22-13(11-30-19)9-17(28)26-8-7-25-15-4-2-1-3-14(15)23-20(25)26/h1-4,11-12H,5-10H2,(H,21,27)(H,22,24,29). The van der Waals surface area contributed by atoms with Gasteiger partial charge in [0.25, 0.3) is 0 Å². The summed E-state index contributed by atoms with van der Waals surface area (Å²) in [7, 11) is 0. The van der Waals surface area contributed by atoms with Crippen LogP contribution in [0.5, 0.6) is 0 Å². The first-order valence-corrected chi connectivity index (χ1v) is 10.7. The second-order valence-electron chi connectivity index (χ2n) is 7.45. The second kappa shape index (κ2) is 7.52.